The number of ether oxygens (including phenoxy) is 1. The molecule has 0 amide bonds. The third-order valence-corrected chi connectivity index (χ3v) is 5.57. The Morgan fingerprint density at radius 3 is 3.23 bits per heavy atom. The number of guanidine groups is 1. The molecular weight excluding hydrogens is 296 g/mol. The van der Waals surface area contributed by atoms with E-state index in [2.05, 4.69) is 40.1 Å². The van der Waals surface area contributed by atoms with Crippen molar-refractivity contribution in [1.82, 2.24) is 9.80 Å². The summed E-state index contributed by atoms with van der Waals surface area (Å²) in [7, 11) is 0. The van der Waals surface area contributed by atoms with Gasteiger partial charge in [0.1, 0.15) is 0 Å². The van der Waals surface area contributed by atoms with E-state index in [1.807, 2.05) is 11.3 Å². The zero-order valence-electron chi connectivity index (χ0n) is 13.5. The molecular formula is C16H26N4OS. The van der Waals surface area contributed by atoms with Gasteiger partial charge in [-0.3, -0.25) is 9.89 Å². The average molecular weight is 322 g/mol. The van der Waals surface area contributed by atoms with Gasteiger partial charge in [-0.25, -0.2) is 0 Å². The number of fused-ring (bicyclic) bond motifs is 1. The van der Waals surface area contributed by atoms with E-state index < -0.39 is 0 Å². The molecule has 0 bridgehead atoms. The Kier molecular flexibility index (Phi) is 5.00. The molecule has 3 rings (SSSR count). The largest absolute Gasteiger partial charge is 0.375 e. The highest BCUT2D eigenvalue weighted by Crippen LogP contribution is 2.25. The van der Waals surface area contributed by atoms with Gasteiger partial charge in [0, 0.05) is 37.1 Å². The van der Waals surface area contributed by atoms with Crippen LogP contribution >= 0.6 is 11.3 Å². The Balaban J connectivity index is 1.53. The van der Waals surface area contributed by atoms with Gasteiger partial charge < -0.3 is 15.4 Å². The molecule has 1 aromatic heterocycles. The molecule has 6 heteroatoms. The molecule has 2 atom stereocenters. The van der Waals surface area contributed by atoms with Crippen molar-refractivity contribution in [2.75, 3.05) is 32.8 Å². The highest BCUT2D eigenvalue weighted by atomic mass is 32.1. The van der Waals surface area contributed by atoms with Crippen molar-refractivity contribution in [3.05, 3.63) is 21.9 Å². The van der Waals surface area contributed by atoms with Crippen LogP contribution in [0.25, 0.3) is 0 Å². The Morgan fingerprint density at radius 1 is 1.55 bits per heavy atom. The van der Waals surface area contributed by atoms with Gasteiger partial charge >= 0.3 is 0 Å². The average Bonchev–Trinajstić information content (AvgIpc) is 2.99. The predicted octanol–water partition coefficient (Wildman–Crippen LogP) is 1.53. The number of rotatable bonds is 3. The number of nitrogens with two attached hydrogens (primary N) is 1. The molecule has 0 saturated carbocycles. The van der Waals surface area contributed by atoms with E-state index in [1.165, 1.54) is 5.56 Å². The lowest BCUT2D eigenvalue weighted by atomic mass is 10.1. The van der Waals surface area contributed by atoms with Crippen LogP contribution in [0, 0.1) is 0 Å². The van der Waals surface area contributed by atoms with Gasteiger partial charge in [0.05, 0.1) is 19.3 Å². The summed E-state index contributed by atoms with van der Waals surface area (Å²) in [6.45, 7) is 9.67. The van der Waals surface area contributed by atoms with Crippen LogP contribution in [0.1, 0.15) is 24.3 Å². The van der Waals surface area contributed by atoms with Gasteiger partial charge in [0.2, 0.25) is 0 Å². The molecule has 0 radical (unpaired) electrons. The van der Waals surface area contributed by atoms with Crippen LogP contribution in [0.4, 0.5) is 0 Å². The summed E-state index contributed by atoms with van der Waals surface area (Å²) in [5.41, 5.74) is 7.64. The van der Waals surface area contributed by atoms with Gasteiger partial charge in [-0.05, 0) is 37.3 Å². The van der Waals surface area contributed by atoms with E-state index in [-0.39, 0.29) is 6.10 Å². The highest BCUT2D eigenvalue weighted by molar-refractivity contribution is 7.10. The van der Waals surface area contributed by atoms with Crippen LogP contribution in [0.15, 0.2) is 16.4 Å². The highest BCUT2D eigenvalue weighted by Gasteiger charge is 2.22. The first-order chi connectivity index (χ1) is 10.6. The third-order valence-electron chi connectivity index (χ3n) is 4.54. The van der Waals surface area contributed by atoms with E-state index in [4.69, 9.17) is 10.5 Å². The van der Waals surface area contributed by atoms with Gasteiger partial charge in [-0.1, -0.05) is 0 Å². The fourth-order valence-electron chi connectivity index (χ4n) is 3.11. The van der Waals surface area contributed by atoms with Crippen molar-refractivity contribution < 1.29 is 4.74 Å². The maximum absolute atomic E-state index is 6.15. The van der Waals surface area contributed by atoms with Crippen LogP contribution in [0.3, 0.4) is 0 Å². The minimum absolute atomic E-state index is 0.235. The zero-order chi connectivity index (χ0) is 15.5. The molecule has 5 nitrogen and oxygen atoms in total. The molecule has 1 fully saturated rings. The normalized spacial score (nSPS) is 25.1. The summed E-state index contributed by atoms with van der Waals surface area (Å²) in [6.07, 6.45) is 1.40. The SMILES string of the molecule is CC1CN(C(N)=NCC(C)N2CCc3sccc3C2)CCO1. The van der Waals surface area contributed by atoms with Gasteiger partial charge in [0.25, 0.3) is 0 Å². The van der Waals surface area contributed by atoms with Gasteiger partial charge in [0.15, 0.2) is 5.96 Å². The summed E-state index contributed by atoms with van der Waals surface area (Å²) in [5.74, 6) is 0.662. The molecule has 0 spiro atoms. The van der Waals surface area contributed by atoms with Crippen molar-refractivity contribution in [3.63, 3.8) is 0 Å². The number of aliphatic imine (C=N–C) groups is 1. The summed E-state index contributed by atoms with van der Waals surface area (Å²) >= 11 is 1.88. The van der Waals surface area contributed by atoms with E-state index in [0.717, 1.165) is 45.8 Å². The lowest BCUT2D eigenvalue weighted by Gasteiger charge is -2.33. The fraction of sp³-hybridized carbons (Fsp3) is 0.688. The Hall–Kier alpha value is -1.11. The summed E-state index contributed by atoms with van der Waals surface area (Å²) in [4.78, 5) is 10.8. The van der Waals surface area contributed by atoms with Crippen LogP contribution in [-0.2, 0) is 17.7 Å². The maximum atomic E-state index is 6.15. The second-order valence-corrected chi connectivity index (χ2v) is 7.27. The minimum atomic E-state index is 0.235. The lowest BCUT2D eigenvalue weighted by molar-refractivity contribution is 0.00525. The minimum Gasteiger partial charge on any atom is -0.375 e. The standard InChI is InChI=1S/C16H26N4OS/c1-12(19-5-3-15-14(11-19)4-8-22-15)9-18-16(17)20-6-7-21-13(2)10-20/h4,8,12-13H,3,5-7,9-11H2,1-2H3,(H2,17,18). The second-order valence-electron chi connectivity index (χ2n) is 6.26. The van der Waals surface area contributed by atoms with Crippen molar-refractivity contribution in [3.8, 4) is 0 Å². The van der Waals surface area contributed by atoms with Crippen molar-refractivity contribution in [2.45, 2.75) is 39.0 Å². The molecule has 2 aliphatic heterocycles. The van der Waals surface area contributed by atoms with E-state index >= 15 is 0 Å². The summed E-state index contributed by atoms with van der Waals surface area (Å²) in [5, 5.41) is 2.20. The molecule has 0 aliphatic carbocycles. The first kappa shape index (κ1) is 15.8. The molecule has 2 unspecified atom stereocenters. The number of thiophene rings is 1. The van der Waals surface area contributed by atoms with Crippen molar-refractivity contribution >= 4 is 17.3 Å². The molecule has 2 aliphatic rings. The number of hydrogen-bond acceptors (Lipinski definition) is 4. The lowest BCUT2D eigenvalue weighted by Crippen LogP contribution is -2.48. The Morgan fingerprint density at radius 2 is 2.41 bits per heavy atom. The van der Waals surface area contributed by atoms with Crippen LogP contribution < -0.4 is 5.73 Å². The number of nitrogens with zero attached hydrogens (tertiary/aromatic N) is 3. The topological polar surface area (TPSA) is 54.1 Å². The van der Waals surface area contributed by atoms with Crippen LogP contribution in [0.5, 0.6) is 0 Å². The number of morpholine rings is 1. The van der Waals surface area contributed by atoms with Gasteiger partial charge in [-0.15, -0.1) is 11.3 Å². The first-order valence-electron chi connectivity index (χ1n) is 8.09. The molecule has 0 aromatic carbocycles. The van der Waals surface area contributed by atoms with E-state index in [0.29, 0.717) is 12.0 Å². The monoisotopic (exact) mass is 322 g/mol. The van der Waals surface area contributed by atoms with Gasteiger partial charge in [-0.2, -0.15) is 0 Å². The van der Waals surface area contributed by atoms with E-state index in [9.17, 15) is 0 Å². The van der Waals surface area contributed by atoms with Crippen molar-refractivity contribution in [2.24, 2.45) is 10.7 Å². The fourth-order valence-corrected chi connectivity index (χ4v) is 4.00. The van der Waals surface area contributed by atoms with E-state index in [1.54, 1.807) is 4.88 Å². The molecule has 1 aromatic rings. The first-order valence-corrected chi connectivity index (χ1v) is 8.97. The molecule has 3 heterocycles. The zero-order valence-corrected chi connectivity index (χ0v) is 14.3. The Labute approximate surface area is 136 Å². The molecule has 22 heavy (non-hydrogen) atoms. The number of hydrogen-bond donors (Lipinski definition) is 1. The quantitative estimate of drug-likeness (QED) is 0.677. The molecule has 122 valence electrons. The van der Waals surface area contributed by atoms with Crippen molar-refractivity contribution in [1.29, 1.82) is 0 Å². The summed E-state index contributed by atoms with van der Waals surface area (Å²) < 4.78 is 5.55. The predicted molar refractivity (Wildman–Crippen MR) is 91.4 cm³/mol. The Bertz CT molecular complexity index is 530. The summed E-state index contributed by atoms with van der Waals surface area (Å²) in [6, 6.07) is 2.68. The van der Waals surface area contributed by atoms with Crippen LogP contribution in [-0.4, -0.2) is 60.7 Å². The van der Waals surface area contributed by atoms with Crippen LogP contribution in [0.2, 0.25) is 0 Å². The third kappa shape index (κ3) is 3.62. The second kappa shape index (κ2) is 6.98. The smallest absolute Gasteiger partial charge is 0.191 e. The maximum Gasteiger partial charge on any atom is 0.191 e. The molecule has 1 saturated heterocycles. The molecule has 2 N–H and O–H groups in total.